The van der Waals surface area contributed by atoms with Gasteiger partial charge in [0.2, 0.25) is 5.91 Å². The second kappa shape index (κ2) is 7.93. The third-order valence-corrected chi connectivity index (χ3v) is 4.58. The van der Waals surface area contributed by atoms with Gasteiger partial charge in [-0.3, -0.25) is 4.79 Å². The number of nitrogens with zero attached hydrogens (tertiary/aromatic N) is 2. The molecule has 2 rings (SSSR count). The van der Waals surface area contributed by atoms with E-state index in [1.54, 1.807) is 0 Å². The molecule has 1 saturated heterocycles. The van der Waals surface area contributed by atoms with Crippen LogP contribution in [0.15, 0.2) is 24.3 Å². The van der Waals surface area contributed by atoms with Crippen molar-refractivity contribution in [2.45, 2.75) is 39.5 Å². The zero-order chi connectivity index (χ0) is 16.9. The highest BCUT2D eigenvalue weighted by molar-refractivity contribution is 5.91. The van der Waals surface area contributed by atoms with Crippen molar-refractivity contribution in [3.05, 3.63) is 29.8 Å². The van der Waals surface area contributed by atoms with Gasteiger partial charge in [-0.2, -0.15) is 0 Å². The number of piperazine rings is 1. The van der Waals surface area contributed by atoms with E-state index < -0.39 is 0 Å². The monoisotopic (exact) mass is 317 g/mol. The number of carbonyl (C=O) groups is 1. The van der Waals surface area contributed by atoms with E-state index in [-0.39, 0.29) is 11.3 Å². The highest BCUT2D eigenvalue weighted by Crippen LogP contribution is 2.29. The minimum absolute atomic E-state index is 0.0281. The normalized spacial score (nSPS) is 17.2. The summed E-state index contributed by atoms with van der Waals surface area (Å²) in [7, 11) is 0. The van der Waals surface area contributed by atoms with Crippen LogP contribution in [0.3, 0.4) is 0 Å². The van der Waals surface area contributed by atoms with Crippen LogP contribution in [-0.2, 0) is 10.2 Å². The first-order valence-electron chi connectivity index (χ1n) is 8.74. The van der Waals surface area contributed by atoms with E-state index in [1.165, 1.54) is 5.56 Å². The lowest BCUT2D eigenvalue weighted by Crippen LogP contribution is -2.46. The molecule has 1 aromatic carbocycles. The molecule has 1 N–H and O–H groups in total. The van der Waals surface area contributed by atoms with Gasteiger partial charge < -0.3 is 15.1 Å². The first-order chi connectivity index (χ1) is 10.9. The Morgan fingerprint density at radius 3 is 2.30 bits per heavy atom. The Labute approximate surface area is 140 Å². The third-order valence-electron chi connectivity index (χ3n) is 4.58. The average molecular weight is 317 g/mol. The molecular weight excluding hydrogens is 286 g/mol. The molecule has 1 amide bonds. The lowest BCUT2D eigenvalue weighted by molar-refractivity contribution is -0.116. The number of rotatable bonds is 5. The van der Waals surface area contributed by atoms with E-state index in [1.807, 2.05) is 18.2 Å². The van der Waals surface area contributed by atoms with Gasteiger partial charge in [0.1, 0.15) is 0 Å². The molecule has 1 heterocycles. The first kappa shape index (κ1) is 18.0. The summed E-state index contributed by atoms with van der Waals surface area (Å²) in [5, 5.41) is 3.10. The molecule has 4 nitrogen and oxygen atoms in total. The Morgan fingerprint density at radius 1 is 1.09 bits per heavy atom. The minimum Gasteiger partial charge on any atom is -0.326 e. The molecule has 0 radical (unpaired) electrons. The summed E-state index contributed by atoms with van der Waals surface area (Å²) in [6, 6.07) is 8.11. The van der Waals surface area contributed by atoms with Crippen LogP contribution in [0.25, 0.3) is 0 Å². The quantitative estimate of drug-likeness (QED) is 0.907. The highest BCUT2D eigenvalue weighted by atomic mass is 16.1. The van der Waals surface area contributed by atoms with Crippen molar-refractivity contribution < 1.29 is 4.79 Å². The Balaban J connectivity index is 1.84. The molecular formula is C19H31N3O. The van der Waals surface area contributed by atoms with E-state index >= 15 is 0 Å². The largest absolute Gasteiger partial charge is 0.326 e. The number of nitrogens with one attached hydrogen (secondary N) is 1. The molecule has 0 aliphatic carbocycles. The van der Waals surface area contributed by atoms with Gasteiger partial charge >= 0.3 is 0 Å². The maximum absolute atomic E-state index is 12.3. The van der Waals surface area contributed by atoms with Gasteiger partial charge in [0.15, 0.2) is 0 Å². The van der Waals surface area contributed by atoms with E-state index in [9.17, 15) is 4.79 Å². The Kier molecular flexibility index (Phi) is 6.19. The van der Waals surface area contributed by atoms with Gasteiger partial charge in [0, 0.05) is 44.8 Å². The predicted molar refractivity (Wildman–Crippen MR) is 96.9 cm³/mol. The maximum Gasteiger partial charge on any atom is 0.225 e. The van der Waals surface area contributed by atoms with Gasteiger partial charge in [-0.25, -0.2) is 0 Å². The minimum atomic E-state index is 0.0281. The number of amides is 1. The Bertz CT molecular complexity index is 514. The van der Waals surface area contributed by atoms with Crippen LogP contribution in [-0.4, -0.2) is 55.0 Å². The number of anilines is 1. The van der Waals surface area contributed by atoms with Crippen LogP contribution < -0.4 is 5.32 Å². The fourth-order valence-electron chi connectivity index (χ4n) is 3.05. The summed E-state index contributed by atoms with van der Waals surface area (Å²) in [6.07, 6.45) is 0.560. The molecule has 0 aromatic heterocycles. The second-order valence-electron chi connectivity index (χ2n) is 7.37. The molecule has 0 saturated carbocycles. The van der Waals surface area contributed by atoms with E-state index in [4.69, 9.17) is 0 Å². The van der Waals surface area contributed by atoms with Crippen molar-refractivity contribution in [2.75, 3.05) is 44.6 Å². The number of hydrogen-bond donors (Lipinski definition) is 1. The van der Waals surface area contributed by atoms with Gasteiger partial charge in [-0.1, -0.05) is 45.9 Å². The lowest BCUT2D eigenvalue weighted by Gasteiger charge is -2.33. The summed E-state index contributed by atoms with van der Waals surface area (Å²) in [6.45, 7) is 15.1. The first-order valence-corrected chi connectivity index (χ1v) is 8.74. The number of para-hydroxylation sites is 1. The molecule has 0 spiro atoms. The number of hydrogen-bond acceptors (Lipinski definition) is 3. The van der Waals surface area contributed by atoms with Gasteiger partial charge in [-0.15, -0.1) is 0 Å². The van der Waals surface area contributed by atoms with Crippen molar-refractivity contribution in [1.29, 1.82) is 0 Å². The summed E-state index contributed by atoms with van der Waals surface area (Å²) in [5.74, 6) is 0.111. The number of benzene rings is 1. The molecule has 0 bridgehead atoms. The summed E-state index contributed by atoms with van der Waals surface area (Å²) >= 11 is 0. The van der Waals surface area contributed by atoms with Crippen LogP contribution in [0.5, 0.6) is 0 Å². The van der Waals surface area contributed by atoms with Crippen molar-refractivity contribution >= 4 is 11.6 Å². The molecule has 1 fully saturated rings. The Morgan fingerprint density at radius 2 is 1.70 bits per heavy atom. The third kappa shape index (κ3) is 5.33. The summed E-state index contributed by atoms with van der Waals surface area (Å²) < 4.78 is 0. The van der Waals surface area contributed by atoms with E-state index in [0.717, 1.165) is 45.0 Å². The lowest BCUT2D eigenvalue weighted by atomic mass is 9.86. The average Bonchev–Trinajstić information content (AvgIpc) is 2.53. The highest BCUT2D eigenvalue weighted by Gasteiger charge is 2.19. The molecule has 1 aromatic rings. The predicted octanol–water partition coefficient (Wildman–Crippen LogP) is 2.95. The van der Waals surface area contributed by atoms with Crippen molar-refractivity contribution in [3.63, 3.8) is 0 Å². The molecule has 0 unspecified atom stereocenters. The van der Waals surface area contributed by atoms with Crippen LogP contribution in [0.4, 0.5) is 5.69 Å². The fourth-order valence-corrected chi connectivity index (χ4v) is 3.05. The van der Waals surface area contributed by atoms with E-state index in [2.05, 4.69) is 48.9 Å². The van der Waals surface area contributed by atoms with Crippen molar-refractivity contribution in [2.24, 2.45) is 0 Å². The molecule has 0 atom stereocenters. The van der Waals surface area contributed by atoms with Crippen molar-refractivity contribution in [3.8, 4) is 0 Å². The number of likely N-dealkylation sites (N-methyl/N-ethyl adjacent to an activating group) is 1. The fraction of sp³-hybridized carbons (Fsp3) is 0.632. The number of carbonyl (C=O) groups excluding carboxylic acids is 1. The SMILES string of the molecule is CCN1CCN(CCC(=O)Nc2ccccc2C(C)(C)C)CC1. The van der Waals surface area contributed by atoms with Gasteiger partial charge in [0.05, 0.1) is 0 Å². The van der Waals surface area contributed by atoms with Crippen LogP contribution in [0, 0.1) is 0 Å². The second-order valence-corrected chi connectivity index (χ2v) is 7.37. The zero-order valence-corrected chi connectivity index (χ0v) is 15.1. The van der Waals surface area contributed by atoms with Crippen LogP contribution >= 0.6 is 0 Å². The molecule has 1 aliphatic heterocycles. The molecule has 23 heavy (non-hydrogen) atoms. The molecule has 4 heteroatoms. The molecule has 128 valence electrons. The van der Waals surface area contributed by atoms with Gasteiger partial charge in [0.25, 0.3) is 0 Å². The van der Waals surface area contributed by atoms with Crippen LogP contribution in [0.1, 0.15) is 39.7 Å². The topological polar surface area (TPSA) is 35.6 Å². The zero-order valence-electron chi connectivity index (χ0n) is 15.1. The van der Waals surface area contributed by atoms with Crippen LogP contribution in [0.2, 0.25) is 0 Å². The standard InChI is InChI=1S/C19H31N3O/c1-5-21-12-14-22(15-13-21)11-10-18(23)20-17-9-7-6-8-16(17)19(2,3)4/h6-9H,5,10-15H2,1-4H3,(H,20,23). The summed E-state index contributed by atoms with van der Waals surface area (Å²) in [4.78, 5) is 17.2. The van der Waals surface area contributed by atoms with Gasteiger partial charge in [-0.05, 0) is 23.6 Å². The maximum atomic E-state index is 12.3. The molecule has 1 aliphatic rings. The Hall–Kier alpha value is -1.39. The van der Waals surface area contributed by atoms with Crippen molar-refractivity contribution in [1.82, 2.24) is 9.80 Å². The smallest absolute Gasteiger partial charge is 0.225 e. The summed E-state index contributed by atoms with van der Waals surface area (Å²) in [5.41, 5.74) is 2.16. The van der Waals surface area contributed by atoms with E-state index in [0.29, 0.717) is 6.42 Å².